The summed E-state index contributed by atoms with van der Waals surface area (Å²) >= 11 is 0. The SMILES string of the molecule is Cc1cccc(N)c1C(=O)NCCC(=O)N(C)C. The molecule has 98 valence electrons. The highest BCUT2D eigenvalue weighted by molar-refractivity contribution is 6.00. The van der Waals surface area contributed by atoms with E-state index < -0.39 is 0 Å². The van der Waals surface area contributed by atoms with Gasteiger partial charge >= 0.3 is 0 Å². The zero-order valence-corrected chi connectivity index (χ0v) is 11.0. The molecule has 0 aromatic heterocycles. The predicted octanol–water partition coefficient (Wildman–Crippen LogP) is 0.785. The number of nitrogens with one attached hydrogen (secondary N) is 1. The first-order valence-corrected chi connectivity index (χ1v) is 5.77. The van der Waals surface area contributed by atoms with E-state index in [0.717, 1.165) is 5.56 Å². The second kappa shape index (κ2) is 6.05. The molecule has 0 bridgehead atoms. The van der Waals surface area contributed by atoms with Crippen LogP contribution in [-0.4, -0.2) is 37.4 Å². The minimum Gasteiger partial charge on any atom is -0.398 e. The number of aryl methyl sites for hydroxylation is 1. The monoisotopic (exact) mass is 249 g/mol. The average molecular weight is 249 g/mol. The normalized spacial score (nSPS) is 9.94. The summed E-state index contributed by atoms with van der Waals surface area (Å²) in [6.07, 6.45) is 0.282. The van der Waals surface area contributed by atoms with Crippen molar-refractivity contribution >= 4 is 17.5 Å². The minimum absolute atomic E-state index is 0.0203. The number of hydrogen-bond donors (Lipinski definition) is 2. The van der Waals surface area contributed by atoms with Gasteiger partial charge in [-0.25, -0.2) is 0 Å². The number of nitrogens with zero attached hydrogens (tertiary/aromatic N) is 1. The van der Waals surface area contributed by atoms with Crippen molar-refractivity contribution < 1.29 is 9.59 Å². The Morgan fingerprint density at radius 2 is 2.00 bits per heavy atom. The number of carbonyl (C=O) groups is 2. The minimum atomic E-state index is -0.239. The van der Waals surface area contributed by atoms with Crippen molar-refractivity contribution in [3.05, 3.63) is 29.3 Å². The smallest absolute Gasteiger partial charge is 0.253 e. The molecule has 0 aliphatic heterocycles. The van der Waals surface area contributed by atoms with Crippen LogP contribution in [-0.2, 0) is 4.79 Å². The molecule has 0 saturated heterocycles. The van der Waals surface area contributed by atoms with Crippen molar-refractivity contribution in [3.63, 3.8) is 0 Å². The van der Waals surface area contributed by atoms with Gasteiger partial charge in [-0.1, -0.05) is 12.1 Å². The largest absolute Gasteiger partial charge is 0.398 e. The summed E-state index contributed by atoms with van der Waals surface area (Å²) in [5, 5.41) is 2.70. The molecule has 1 aromatic rings. The van der Waals surface area contributed by atoms with Crippen LogP contribution in [0, 0.1) is 6.92 Å². The van der Waals surface area contributed by atoms with Crippen LogP contribution in [0.25, 0.3) is 0 Å². The highest BCUT2D eigenvalue weighted by Gasteiger charge is 2.12. The maximum Gasteiger partial charge on any atom is 0.253 e. The molecule has 0 aliphatic carbocycles. The number of nitrogen functional groups attached to an aromatic ring is 1. The van der Waals surface area contributed by atoms with E-state index in [-0.39, 0.29) is 18.2 Å². The second-order valence-corrected chi connectivity index (χ2v) is 4.33. The maximum absolute atomic E-state index is 11.9. The van der Waals surface area contributed by atoms with E-state index in [4.69, 9.17) is 5.73 Å². The van der Waals surface area contributed by atoms with Crippen LogP contribution in [0.2, 0.25) is 0 Å². The number of benzene rings is 1. The van der Waals surface area contributed by atoms with Crippen molar-refractivity contribution in [1.82, 2.24) is 10.2 Å². The third kappa shape index (κ3) is 3.48. The van der Waals surface area contributed by atoms with Gasteiger partial charge in [0.25, 0.3) is 5.91 Å². The lowest BCUT2D eigenvalue weighted by Crippen LogP contribution is -2.30. The van der Waals surface area contributed by atoms with Crippen molar-refractivity contribution in [3.8, 4) is 0 Å². The van der Waals surface area contributed by atoms with Gasteiger partial charge in [0.05, 0.1) is 5.56 Å². The van der Waals surface area contributed by atoms with Gasteiger partial charge in [-0.2, -0.15) is 0 Å². The summed E-state index contributed by atoms with van der Waals surface area (Å²) < 4.78 is 0. The van der Waals surface area contributed by atoms with Gasteiger partial charge in [-0.15, -0.1) is 0 Å². The lowest BCUT2D eigenvalue weighted by atomic mass is 10.1. The Hall–Kier alpha value is -2.04. The van der Waals surface area contributed by atoms with E-state index in [0.29, 0.717) is 17.8 Å². The van der Waals surface area contributed by atoms with Crippen LogP contribution < -0.4 is 11.1 Å². The van der Waals surface area contributed by atoms with E-state index in [1.165, 1.54) is 4.90 Å². The van der Waals surface area contributed by atoms with Gasteiger partial charge in [0.15, 0.2) is 0 Å². The Balaban J connectivity index is 2.59. The van der Waals surface area contributed by atoms with Gasteiger partial charge in [0, 0.05) is 32.7 Å². The second-order valence-electron chi connectivity index (χ2n) is 4.33. The highest BCUT2D eigenvalue weighted by atomic mass is 16.2. The van der Waals surface area contributed by atoms with Gasteiger partial charge in [0.2, 0.25) is 5.91 Å². The fraction of sp³-hybridized carbons (Fsp3) is 0.385. The number of rotatable bonds is 4. The molecular weight excluding hydrogens is 230 g/mol. The van der Waals surface area contributed by atoms with Crippen LogP contribution in [0.15, 0.2) is 18.2 Å². The van der Waals surface area contributed by atoms with Crippen LogP contribution in [0.4, 0.5) is 5.69 Å². The molecule has 1 aromatic carbocycles. The number of anilines is 1. The Morgan fingerprint density at radius 1 is 1.33 bits per heavy atom. The van der Waals surface area contributed by atoms with Crippen LogP contribution in [0.5, 0.6) is 0 Å². The van der Waals surface area contributed by atoms with E-state index in [2.05, 4.69) is 5.32 Å². The van der Waals surface area contributed by atoms with Gasteiger partial charge in [-0.3, -0.25) is 9.59 Å². The fourth-order valence-electron chi connectivity index (χ4n) is 1.60. The number of amides is 2. The topological polar surface area (TPSA) is 75.4 Å². The molecule has 0 saturated carbocycles. The summed E-state index contributed by atoms with van der Waals surface area (Å²) in [6, 6.07) is 5.32. The molecule has 0 unspecified atom stereocenters. The van der Waals surface area contributed by atoms with Crippen molar-refractivity contribution in [2.24, 2.45) is 0 Å². The van der Waals surface area contributed by atoms with Crippen LogP contribution >= 0.6 is 0 Å². The van der Waals surface area contributed by atoms with Crippen molar-refractivity contribution in [1.29, 1.82) is 0 Å². The molecule has 18 heavy (non-hydrogen) atoms. The predicted molar refractivity (Wildman–Crippen MR) is 71.2 cm³/mol. The quantitative estimate of drug-likeness (QED) is 0.774. The van der Waals surface area contributed by atoms with Crippen LogP contribution in [0.3, 0.4) is 0 Å². The molecule has 0 heterocycles. The summed E-state index contributed by atoms with van der Waals surface area (Å²) in [4.78, 5) is 24.8. The standard InChI is InChI=1S/C13H19N3O2/c1-9-5-4-6-10(14)12(9)13(18)15-8-7-11(17)16(2)3/h4-6H,7-8,14H2,1-3H3,(H,15,18). The Kier molecular flexibility index (Phi) is 4.71. The van der Waals surface area contributed by atoms with Gasteiger partial charge in [0.1, 0.15) is 0 Å². The molecule has 0 spiro atoms. The molecule has 1 rings (SSSR count). The molecule has 0 aliphatic rings. The molecule has 0 radical (unpaired) electrons. The first kappa shape index (κ1) is 14.0. The zero-order valence-electron chi connectivity index (χ0n) is 11.0. The summed E-state index contributed by atoms with van der Waals surface area (Å²) in [5.41, 5.74) is 7.52. The van der Waals surface area contributed by atoms with Crippen molar-refractivity contribution in [2.75, 3.05) is 26.4 Å². The Bertz CT molecular complexity index is 435. The molecule has 0 atom stereocenters. The average Bonchev–Trinajstić information content (AvgIpc) is 2.28. The Labute approximate surface area is 107 Å². The third-order valence-corrected chi connectivity index (χ3v) is 2.66. The molecule has 5 heteroatoms. The fourth-order valence-corrected chi connectivity index (χ4v) is 1.60. The summed E-state index contributed by atoms with van der Waals surface area (Å²) in [5.74, 6) is -0.259. The van der Waals surface area contributed by atoms with E-state index in [1.807, 2.05) is 13.0 Å². The van der Waals surface area contributed by atoms with E-state index >= 15 is 0 Å². The van der Waals surface area contributed by atoms with Gasteiger partial charge < -0.3 is 16.0 Å². The molecular formula is C13H19N3O2. The lowest BCUT2D eigenvalue weighted by Gasteiger charge is -2.12. The highest BCUT2D eigenvalue weighted by Crippen LogP contribution is 2.15. The zero-order chi connectivity index (χ0) is 13.7. The molecule has 3 N–H and O–H groups in total. The lowest BCUT2D eigenvalue weighted by molar-refractivity contribution is -0.128. The first-order chi connectivity index (χ1) is 8.43. The van der Waals surface area contributed by atoms with Crippen molar-refractivity contribution in [2.45, 2.75) is 13.3 Å². The van der Waals surface area contributed by atoms with Crippen LogP contribution in [0.1, 0.15) is 22.3 Å². The third-order valence-electron chi connectivity index (χ3n) is 2.66. The maximum atomic E-state index is 11.9. The van der Waals surface area contributed by atoms with E-state index in [1.54, 1.807) is 26.2 Å². The molecule has 2 amide bonds. The molecule has 0 fully saturated rings. The summed E-state index contributed by atoms with van der Waals surface area (Å²) in [6.45, 7) is 2.14. The number of hydrogen-bond acceptors (Lipinski definition) is 3. The Morgan fingerprint density at radius 3 is 2.56 bits per heavy atom. The summed E-state index contributed by atoms with van der Waals surface area (Å²) in [7, 11) is 3.37. The van der Waals surface area contributed by atoms with E-state index in [9.17, 15) is 9.59 Å². The number of nitrogens with two attached hydrogens (primary N) is 1. The van der Waals surface area contributed by atoms with Gasteiger partial charge in [-0.05, 0) is 18.6 Å². The molecule has 5 nitrogen and oxygen atoms in total. The number of carbonyl (C=O) groups excluding carboxylic acids is 2. The first-order valence-electron chi connectivity index (χ1n) is 5.77.